The van der Waals surface area contributed by atoms with Crippen LogP contribution in [0.15, 0.2) is 42.5 Å². The molecule has 5 nitrogen and oxygen atoms in total. The van der Waals surface area contributed by atoms with E-state index in [2.05, 4.69) is 10.6 Å². The number of nitrogens with one attached hydrogen (secondary N) is 2. The van der Waals surface area contributed by atoms with E-state index in [9.17, 15) is 9.59 Å². The average Bonchev–Trinajstić information content (AvgIpc) is 3.36. The molecule has 2 aromatic carbocycles. The van der Waals surface area contributed by atoms with Crippen LogP contribution in [0.25, 0.3) is 0 Å². The second kappa shape index (κ2) is 6.40. The van der Waals surface area contributed by atoms with Gasteiger partial charge in [-0.1, -0.05) is 18.2 Å². The summed E-state index contributed by atoms with van der Waals surface area (Å²) in [5.74, 6) is -0.665. The minimum Gasteiger partial charge on any atom is -0.325 e. The first-order valence-corrected chi connectivity index (χ1v) is 8.15. The highest BCUT2D eigenvalue weighted by atomic mass is 16.2. The van der Waals surface area contributed by atoms with Crippen molar-refractivity contribution in [3.8, 4) is 6.07 Å². The molecule has 25 heavy (non-hydrogen) atoms. The molecule has 0 heterocycles. The van der Waals surface area contributed by atoms with E-state index >= 15 is 0 Å². The second-order valence-corrected chi connectivity index (χ2v) is 6.52. The number of nitrogens with zero attached hydrogens (tertiary/aromatic N) is 1. The number of para-hydroxylation sites is 1. The van der Waals surface area contributed by atoms with Gasteiger partial charge in [-0.25, -0.2) is 0 Å². The van der Waals surface area contributed by atoms with Crippen molar-refractivity contribution in [2.75, 3.05) is 10.6 Å². The van der Waals surface area contributed by atoms with Crippen molar-refractivity contribution in [3.05, 3.63) is 59.2 Å². The molecule has 5 heteroatoms. The summed E-state index contributed by atoms with van der Waals surface area (Å²) in [7, 11) is 0. The molecule has 0 bridgehead atoms. The zero-order chi connectivity index (χ0) is 18.0. The van der Waals surface area contributed by atoms with Crippen molar-refractivity contribution in [3.63, 3.8) is 0 Å². The molecule has 0 radical (unpaired) electrons. The number of nitriles is 1. The lowest BCUT2D eigenvalue weighted by molar-refractivity contribution is -0.131. The van der Waals surface area contributed by atoms with Crippen molar-refractivity contribution in [2.45, 2.75) is 26.7 Å². The fourth-order valence-electron chi connectivity index (χ4n) is 2.91. The van der Waals surface area contributed by atoms with Crippen LogP contribution < -0.4 is 10.6 Å². The topological polar surface area (TPSA) is 82.0 Å². The fraction of sp³-hybridized carbons (Fsp3) is 0.250. The smallest absolute Gasteiger partial charge is 0.240 e. The molecular formula is C20H19N3O2. The maximum Gasteiger partial charge on any atom is 0.240 e. The number of anilines is 2. The summed E-state index contributed by atoms with van der Waals surface area (Å²) < 4.78 is 0. The van der Waals surface area contributed by atoms with Gasteiger partial charge in [0.15, 0.2) is 0 Å². The standard InChI is InChI=1S/C20H19N3O2/c1-13-9-14(2)11-16(10-13)22-18(24)20(7-8-20)19(25)23-17-6-4-3-5-15(17)12-21/h3-6,9-11H,7-8H2,1-2H3,(H,22,24)(H,23,25). The highest BCUT2D eigenvalue weighted by molar-refractivity contribution is 6.17. The normalized spacial score (nSPS) is 14.3. The van der Waals surface area contributed by atoms with Crippen molar-refractivity contribution in [2.24, 2.45) is 5.41 Å². The molecular weight excluding hydrogens is 314 g/mol. The van der Waals surface area contributed by atoms with Crippen molar-refractivity contribution in [1.82, 2.24) is 0 Å². The van der Waals surface area contributed by atoms with Gasteiger partial charge in [0.2, 0.25) is 11.8 Å². The third-order valence-electron chi connectivity index (χ3n) is 4.39. The number of carbonyl (C=O) groups is 2. The maximum atomic E-state index is 12.7. The Labute approximate surface area is 146 Å². The first-order chi connectivity index (χ1) is 11.9. The van der Waals surface area contributed by atoms with Crippen LogP contribution in [0.4, 0.5) is 11.4 Å². The van der Waals surface area contributed by atoms with Crippen LogP contribution in [0.5, 0.6) is 0 Å². The highest BCUT2D eigenvalue weighted by Gasteiger charge is 2.56. The molecule has 3 rings (SSSR count). The zero-order valence-corrected chi connectivity index (χ0v) is 14.2. The summed E-state index contributed by atoms with van der Waals surface area (Å²) in [4.78, 5) is 25.3. The van der Waals surface area contributed by atoms with E-state index in [0.29, 0.717) is 29.8 Å². The zero-order valence-electron chi connectivity index (χ0n) is 14.2. The fourth-order valence-corrected chi connectivity index (χ4v) is 2.91. The Kier molecular flexibility index (Phi) is 4.28. The molecule has 0 atom stereocenters. The van der Waals surface area contributed by atoms with Crippen LogP contribution in [-0.2, 0) is 9.59 Å². The summed E-state index contributed by atoms with van der Waals surface area (Å²) in [5.41, 5.74) is 2.54. The Morgan fingerprint density at radius 1 is 1.00 bits per heavy atom. The number of benzene rings is 2. The number of amides is 2. The lowest BCUT2D eigenvalue weighted by atomic mass is 10.0. The molecule has 2 N–H and O–H groups in total. The molecule has 1 saturated carbocycles. The Bertz CT molecular complexity index is 872. The number of rotatable bonds is 4. The van der Waals surface area contributed by atoms with E-state index in [0.717, 1.165) is 11.1 Å². The van der Waals surface area contributed by atoms with Gasteiger partial charge in [0, 0.05) is 5.69 Å². The Hall–Kier alpha value is -3.13. The van der Waals surface area contributed by atoms with Crippen molar-refractivity contribution in [1.29, 1.82) is 5.26 Å². The summed E-state index contributed by atoms with van der Waals surface area (Å²) in [5, 5.41) is 14.7. The molecule has 2 amide bonds. The van der Waals surface area contributed by atoms with E-state index in [1.54, 1.807) is 24.3 Å². The monoisotopic (exact) mass is 333 g/mol. The second-order valence-electron chi connectivity index (χ2n) is 6.52. The summed E-state index contributed by atoms with van der Waals surface area (Å²) in [6.45, 7) is 3.92. The van der Waals surface area contributed by atoms with Crippen LogP contribution in [0.1, 0.15) is 29.5 Å². The number of aryl methyl sites for hydroxylation is 2. The summed E-state index contributed by atoms with van der Waals surface area (Å²) >= 11 is 0. The van der Waals surface area contributed by atoms with Gasteiger partial charge >= 0.3 is 0 Å². The van der Waals surface area contributed by atoms with Gasteiger partial charge in [-0.05, 0) is 62.1 Å². The molecule has 126 valence electrons. The molecule has 0 unspecified atom stereocenters. The van der Waals surface area contributed by atoms with E-state index in [-0.39, 0.29) is 11.8 Å². The van der Waals surface area contributed by atoms with Crippen LogP contribution >= 0.6 is 0 Å². The van der Waals surface area contributed by atoms with Crippen molar-refractivity contribution < 1.29 is 9.59 Å². The third-order valence-corrected chi connectivity index (χ3v) is 4.39. The third kappa shape index (κ3) is 3.38. The van der Waals surface area contributed by atoms with Crippen LogP contribution in [0.3, 0.4) is 0 Å². The molecule has 0 aromatic heterocycles. The van der Waals surface area contributed by atoms with Gasteiger partial charge in [-0.15, -0.1) is 0 Å². The molecule has 0 aliphatic heterocycles. The summed E-state index contributed by atoms with van der Waals surface area (Å²) in [6.07, 6.45) is 1.01. The predicted molar refractivity (Wildman–Crippen MR) is 96.0 cm³/mol. The SMILES string of the molecule is Cc1cc(C)cc(NC(=O)C2(C(=O)Nc3ccccc3C#N)CC2)c1. The Morgan fingerprint density at radius 2 is 1.60 bits per heavy atom. The maximum absolute atomic E-state index is 12.7. The number of carbonyl (C=O) groups excluding carboxylic acids is 2. The van der Waals surface area contributed by atoms with Crippen molar-refractivity contribution >= 4 is 23.2 Å². The molecule has 2 aromatic rings. The van der Waals surface area contributed by atoms with Gasteiger partial charge in [-0.2, -0.15) is 5.26 Å². The Morgan fingerprint density at radius 3 is 2.20 bits per heavy atom. The minimum atomic E-state index is -1.06. The van der Waals surface area contributed by atoms with E-state index in [1.807, 2.05) is 38.1 Å². The largest absolute Gasteiger partial charge is 0.325 e. The average molecular weight is 333 g/mol. The van der Waals surface area contributed by atoms with E-state index in [4.69, 9.17) is 5.26 Å². The van der Waals surface area contributed by atoms with Gasteiger partial charge in [-0.3, -0.25) is 9.59 Å². The van der Waals surface area contributed by atoms with Crippen LogP contribution in [0, 0.1) is 30.6 Å². The molecule has 1 fully saturated rings. The molecule has 0 spiro atoms. The highest BCUT2D eigenvalue weighted by Crippen LogP contribution is 2.47. The molecule has 0 saturated heterocycles. The lowest BCUT2D eigenvalue weighted by Crippen LogP contribution is -2.35. The molecule has 1 aliphatic rings. The number of hydrogen-bond donors (Lipinski definition) is 2. The quantitative estimate of drug-likeness (QED) is 0.840. The van der Waals surface area contributed by atoms with Crippen LogP contribution in [0.2, 0.25) is 0 Å². The van der Waals surface area contributed by atoms with Gasteiger partial charge in [0.05, 0.1) is 11.3 Å². The first-order valence-electron chi connectivity index (χ1n) is 8.15. The lowest BCUT2D eigenvalue weighted by Gasteiger charge is -2.16. The van der Waals surface area contributed by atoms with Gasteiger partial charge in [0.25, 0.3) is 0 Å². The van der Waals surface area contributed by atoms with Gasteiger partial charge < -0.3 is 10.6 Å². The number of hydrogen-bond acceptors (Lipinski definition) is 3. The molecule has 1 aliphatic carbocycles. The predicted octanol–water partition coefficient (Wildman–Crippen LogP) is 3.53. The summed E-state index contributed by atoms with van der Waals surface area (Å²) in [6, 6.07) is 14.6. The first kappa shape index (κ1) is 16.7. The minimum absolute atomic E-state index is 0.301. The van der Waals surface area contributed by atoms with E-state index in [1.165, 1.54) is 0 Å². The van der Waals surface area contributed by atoms with Gasteiger partial charge in [0.1, 0.15) is 11.5 Å². The Balaban J connectivity index is 1.76. The van der Waals surface area contributed by atoms with Crippen LogP contribution in [-0.4, -0.2) is 11.8 Å². The van der Waals surface area contributed by atoms with E-state index < -0.39 is 5.41 Å².